The molecule has 0 spiro atoms. The van der Waals surface area contributed by atoms with Crippen LogP contribution < -0.4 is 9.47 Å². The zero-order valence-electron chi connectivity index (χ0n) is 18.3. The van der Waals surface area contributed by atoms with Crippen molar-refractivity contribution in [3.63, 3.8) is 0 Å². The molecule has 0 aliphatic carbocycles. The average molecular weight is 489 g/mol. The van der Waals surface area contributed by atoms with E-state index in [9.17, 15) is 13.2 Å². The van der Waals surface area contributed by atoms with Crippen LogP contribution in [-0.2, 0) is 21.2 Å². The van der Waals surface area contributed by atoms with Gasteiger partial charge in [-0.05, 0) is 24.3 Å². The molecule has 33 heavy (non-hydrogen) atoms. The molecule has 0 unspecified atom stereocenters. The first-order valence-electron chi connectivity index (χ1n) is 10.3. The van der Waals surface area contributed by atoms with Gasteiger partial charge in [0.05, 0.1) is 31.2 Å². The van der Waals surface area contributed by atoms with E-state index in [0.717, 1.165) is 10.6 Å². The van der Waals surface area contributed by atoms with E-state index in [1.54, 1.807) is 23.4 Å². The van der Waals surface area contributed by atoms with Crippen LogP contribution in [0, 0.1) is 0 Å². The highest BCUT2D eigenvalue weighted by Gasteiger charge is 2.31. The quantitative estimate of drug-likeness (QED) is 0.503. The molecule has 4 rings (SSSR count). The first kappa shape index (κ1) is 23.1. The van der Waals surface area contributed by atoms with Gasteiger partial charge >= 0.3 is 0 Å². The molecule has 1 aliphatic heterocycles. The molecular formula is C22H24N4O5S2. The number of sulfonamides is 1. The van der Waals surface area contributed by atoms with Crippen LogP contribution in [0.25, 0.3) is 10.6 Å². The van der Waals surface area contributed by atoms with E-state index in [-0.39, 0.29) is 30.3 Å². The van der Waals surface area contributed by atoms with Crippen molar-refractivity contribution in [2.75, 3.05) is 40.4 Å². The van der Waals surface area contributed by atoms with Gasteiger partial charge in [0, 0.05) is 55.6 Å². The summed E-state index contributed by atoms with van der Waals surface area (Å²) < 4.78 is 37.9. The molecule has 1 aromatic carbocycles. The Hall–Kier alpha value is -3.02. The summed E-state index contributed by atoms with van der Waals surface area (Å²) in [7, 11) is -0.759. The van der Waals surface area contributed by atoms with Gasteiger partial charge in [-0.2, -0.15) is 4.31 Å². The Labute approximate surface area is 196 Å². The minimum absolute atomic E-state index is 0.0683. The fraction of sp³-hybridized carbons (Fsp3) is 0.318. The minimum Gasteiger partial charge on any atom is -0.493 e. The molecular weight excluding hydrogens is 464 g/mol. The molecule has 0 N–H and O–H groups in total. The van der Waals surface area contributed by atoms with Crippen LogP contribution >= 0.6 is 11.3 Å². The maximum atomic E-state index is 13.1. The minimum atomic E-state index is -3.71. The molecule has 9 nitrogen and oxygen atoms in total. The molecule has 3 heterocycles. The topological polar surface area (TPSA) is 102 Å². The molecule has 1 amide bonds. The molecule has 0 radical (unpaired) electrons. The molecule has 1 fully saturated rings. The first-order valence-corrected chi connectivity index (χ1v) is 12.6. The fourth-order valence-corrected chi connectivity index (χ4v) is 5.83. The maximum absolute atomic E-state index is 13.1. The van der Waals surface area contributed by atoms with Gasteiger partial charge in [0.15, 0.2) is 11.5 Å². The Morgan fingerprint density at radius 1 is 1.09 bits per heavy atom. The number of hydrogen-bond acceptors (Lipinski definition) is 8. The van der Waals surface area contributed by atoms with Gasteiger partial charge in [-0.15, -0.1) is 11.3 Å². The number of piperazine rings is 1. The lowest BCUT2D eigenvalue weighted by molar-refractivity contribution is -0.131. The number of ether oxygens (including phenoxy) is 2. The Morgan fingerprint density at radius 3 is 2.52 bits per heavy atom. The number of rotatable bonds is 7. The second kappa shape index (κ2) is 9.86. The van der Waals surface area contributed by atoms with E-state index < -0.39 is 10.0 Å². The number of methoxy groups -OCH3 is 2. The van der Waals surface area contributed by atoms with Crippen molar-refractivity contribution in [1.29, 1.82) is 0 Å². The van der Waals surface area contributed by atoms with Crippen molar-refractivity contribution >= 4 is 27.3 Å². The summed E-state index contributed by atoms with van der Waals surface area (Å²) >= 11 is 1.47. The number of amides is 1. The third kappa shape index (κ3) is 5.00. The Bertz CT molecular complexity index is 1220. The number of nitrogens with zero attached hydrogens (tertiary/aromatic N) is 4. The summed E-state index contributed by atoms with van der Waals surface area (Å²) in [6, 6.07) is 8.29. The monoisotopic (exact) mass is 488 g/mol. The van der Waals surface area contributed by atoms with Crippen LogP contribution in [0.4, 0.5) is 0 Å². The molecule has 1 saturated heterocycles. The molecule has 0 bridgehead atoms. The van der Waals surface area contributed by atoms with Crippen molar-refractivity contribution in [1.82, 2.24) is 19.2 Å². The second-order valence-electron chi connectivity index (χ2n) is 7.36. The lowest BCUT2D eigenvalue weighted by atomic mass is 10.2. The van der Waals surface area contributed by atoms with Crippen molar-refractivity contribution in [2.24, 2.45) is 0 Å². The van der Waals surface area contributed by atoms with E-state index in [0.29, 0.717) is 30.3 Å². The van der Waals surface area contributed by atoms with E-state index in [4.69, 9.17) is 9.47 Å². The zero-order valence-corrected chi connectivity index (χ0v) is 19.9. The number of aromatic nitrogens is 2. The van der Waals surface area contributed by atoms with Crippen molar-refractivity contribution in [3.8, 4) is 22.1 Å². The third-order valence-electron chi connectivity index (χ3n) is 5.38. The Morgan fingerprint density at radius 2 is 1.85 bits per heavy atom. The summed E-state index contributed by atoms with van der Waals surface area (Å²) in [5, 5.41) is 2.69. The number of pyridine rings is 1. The number of thiazole rings is 1. The predicted octanol–water partition coefficient (Wildman–Crippen LogP) is 2.30. The molecule has 0 saturated carbocycles. The highest BCUT2D eigenvalue weighted by molar-refractivity contribution is 7.89. The molecule has 11 heteroatoms. The van der Waals surface area contributed by atoms with E-state index in [2.05, 4.69) is 9.97 Å². The van der Waals surface area contributed by atoms with Crippen LogP contribution in [0.15, 0.2) is 53.0 Å². The van der Waals surface area contributed by atoms with Gasteiger partial charge < -0.3 is 14.4 Å². The van der Waals surface area contributed by atoms with E-state index >= 15 is 0 Å². The highest BCUT2D eigenvalue weighted by Crippen LogP contribution is 2.31. The average Bonchev–Trinajstić information content (AvgIpc) is 3.32. The SMILES string of the molecule is COc1ccc(S(=O)(=O)N2CCN(C(=O)Cc3csc(-c4cccnc4)n3)CC2)cc1OC. The van der Waals surface area contributed by atoms with Crippen LogP contribution in [-0.4, -0.2) is 73.9 Å². The van der Waals surface area contributed by atoms with Gasteiger partial charge in [-0.3, -0.25) is 9.78 Å². The summed E-state index contributed by atoms with van der Waals surface area (Å²) in [5.74, 6) is 0.739. The lowest BCUT2D eigenvalue weighted by Gasteiger charge is -2.34. The lowest BCUT2D eigenvalue weighted by Crippen LogP contribution is -2.50. The maximum Gasteiger partial charge on any atom is 0.243 e. The second-order valence-corrected chi connectivity index (χ2v) is 10.2. The Balaban J connectivity index is 1.37. The van der Waals surface area contributed by atoms with E-state index in [1.807, 2.05) is 17.5 Å². The van der Waals surface area contributed by atoms with Crippen molar-refractivity contribution in [3.05, 3.63) is 53.8 Å². The number of hydrogen-bond donors (Lipinski definition) is 0. The number of carbonyl (C=O) groups is 1. The first-order chi connectivity index (χ1) is 15.9. The predicted molar refractivity (Wildman–Crippen MR) is 124 cm³/mol. The summed E-state index contributed by atoms with van der Waals surface area (Å²) in [6.07, 6.45) is 3.62. The smallest absolute Gasteiger partial charge is 0.243 e. The molecule has 3 aromatic rings. The van der Waals surface area contributed by atoms with Crippen molar-refractivity contribution < 1.29 is 22.7 Å². The van der Waals surface area contributed by atoms with E-state index in [1.165, 1.54) is 42.0 Å². The van der Waals surface area contributed by atoms with Crippen LogP contribution in [0.3, 0.4) is 0 Å². The van der Waals surface area contributed by atoms with Gasteiger partial charge in [0.25, 0.3) is 0 Å². The molecule has 0 atom stereocenters. The van der Waals surface area contributed by atoms with Gasteiger partial charge in [-0.25, -0.2) is 13.4 Å². The summed E-state index contributed by atoms with van der Waals surface area (Å²) in [4.78, 5) is 23.2. The highest BCUT2D eigenvalue weighted by atomic mass is 32.2. The largest absolute Gasteiger partial charge is 0.493 e. The van der Waals surface area contributed by atoms with Crippen molar-refractivity contribution in [2.45, 2.75) is 11.3 Å². The normalized spacial score (nSPS) is 14.8. The van der Waals surface area contributed by atoms with Crippen LogP contribution in [0.1, 0.15) is 5.69 Å². The summed E-state index contributed by atoms with van der Waals surface area (Å²) in [6.45, 7) is 1.09. The van der Waals surface area contributed by atoms with Crippen LogP contribution in [0.2, 0.25) is 0 Å². The fourth-order valence-electron chi connectivity index (χ4n) is 3.58. The van der Waals surface area contributed by atoms with Crippen LogP contribution in [0.5, 0.6) is 11.5 Å². The zero-order chi connectivity index (χ0) is 23.4. The molecule has 1 aliphatic rings. The van der Waals surface area contributed by atoms with Gasteiger partial charge in [0.2, 0.25) is 15.9 Å². The van der Waals surface area contributed by atoms with Gasteiger partial charge in [0.1, 0.15) is 5.01 Å². The Kier molecular flexibility index (Phi) is 6.91. The third-order valence-corrected chi connectivity index (χ3v) is 8.21. The number of carbonyl (C=O) groups excluding carboxylic acids is 1. The van der Waals surface area contributed by atoms with Gasteiger partial charge in [-0.1, -0.05) is 0 Å². The standard InChI is InChI=1S/C22H24N4O5S2/c1-30-19-6-5-18(13-20(19)31-2)33(28,29)26-10-8-25(9-11-26)21(27)12-17-15-32-22(24-17)16-4-3-7-23-14-16/h3-7,13-15H,8-12H2,1-2H3. The number of benzene rings is 1. The molecule has 2 aromatic heterocycles. The summed E-state index contributed by atoms with van der Waals surface area (Å²) in [5.41, 5.74) is 1.61. The molecule has 174 valence electrons.